The number of aliphatic imine (C=N–C) groups is 1. The largest absolute Gasteiger partial charge is 0.507 e. The zero-order valence-corrected chi connectivity index (χ0v) is 17.0. The summed E-state index contributed by atoms with van der Waals surface area (Å²) in [6.07, 6.45) is 3.94. The molecule has 28 heavy (non-hydrogen) atoms. The Bertz CT molecular complexity index is 928. The predicted octanol–water partition coefficient (Wildman–Crippen LogP) is 5.62. The lowest BCUT2D eigenvalue weighted by Gasteiger charge is -2.19. The van der Waals surface area contributed by atoms with Crippen molar-refractivity contribution in [2.45, 2.75) is 46.5 Å². The molecule has 0 unspecified atom stereocenters. The summed E-state index contributed by atoms with van der Waals surface area (Å²) in [5.41, 5.74) is 5.47. The van der Waals surface area contributed by atoms with E-state index in [2.05, 4.69) is 18.5 Å². The summed E-state index contributed by atoms with van der Waals surface area (Å²) in [5.74, 6) is 0.564. The van der Waals surface area contributed by atoms with Crippen LogP contribution in [0.5, 0.6) is 11.5 Å². The summed E-state index contributed by atoms with van der Waals surface area (Å²) in [5, 5.41) is 22.1. The summed E-state index contributed by atoms with van der Waals surface area (Å²) in [4.78, 5) is 4.43. The van der Waals surface area contributed by atoms with E-state index in [-0.39, 0.29) is 11.5 Å². The van der Waals surface area contributed by atoms with Gasteiger partial charge < -0.3 is 14.9 Å². The second kappa shape index (κ2) is 8.51. The van der Waals surface area contributed by atoms with Gasteiger partial charge in [0.05, 0.1) is 17.7 Å². The quantitative estimate of drug-likeness (QED) is 0.614. The molecule has 0 amide bonds. The second-order valence-corrected chi connectivity index (χ2v) is 7.48. The SMILES string of the molecule is C=C(C)c1ccc(C)cc1-c1c(O)cc(CCCCC)c(C2=NCCO2)c1O. The number of aromatic hydroxyl groups is 2. The first-order valence-corrected chi connectivity index (χ1v) is 9.96. The lowest BCUT2D eigenvalue weighted by Crippen LogP contribution is -2.08. The molecule has 1 aliphatic heterocycles. The fourth-order valence-electron chi connectivity index (χ4n) is 3.70. The van der Waals surface area contributed by atoms with Crippen molar-refractivity contribution in [2.75, 3.05) is 13.2 Å². The van der Waals surface area contributed by atoms with Gasteiger partial charge in [-0.05, 0) is 49.4 Å². The van der Waals surface area contributed by atoms with Crippen molar-refractivity contribution in [3.8, 4) is 22.6 Å². The number of phenols is 2. The van der Waals surface area contributed by atoms with E-state index < -0.39 is 0 Å². The predicted molar refractivity (Wildman–Crippen MR) is 115 cm³/mol. The maximum absolute atomic E-state index is 11.3. The van der Waals surface area contributed by atoms with Gasteiger partial charge in [-0.3, -0.25) is 0 Å². The topological polar surface area (TPSA) is 62.1 Å². The number of benzene rings is 2. The van der Waals surface area contributed by atoms with Crippen LogP contribution in [0.3, 0.4) is 0 Å². The van der Waals surface area contributed by atoms with Crippen molar-refractivity contribution in [3.05, 3.63) is 53.1 Å². The Balaban J connectivity index is 2.22. The number of nitrogens with zero attached hydrogens (tertiary/aromatic N) is 1. The molecule has 0 radical (unpaired) electrons. The normalized spacial score (nSPS) is 13.3. The smallest absolute Gasteiger partial charge is 0.220 e. The van der Waals surface area contributed by atoms with Gasteiger partial charge in [-0.25, -0.2) is 4.99 Å². The van der Waals surface area contributed by atoms with E-state index in [9.17, 15) is 10.2 Å². The summed E-state index contributed by atoms with van der Waals surface area (Å²) >= 11 is 0. The highest BCUT2D eigenvalue weighted by atomic mass is 16.5. The van der Waals surface area contributed by atoms with Gasteiger partial charge in [0.1, 0.15) is 18.1 Å². The standard InChI is InChI=1S/C24H29NO3/c1-5-6-7-8-17-14-20(26)22(23(27)21(17)24-25-11-12-28-24)19-13-16(4)9-10-18(19)15(2)3/h9-10,13-14,26-27H,2,5-8,11-12H2,1,3-4H3. The van der Waals surface area contributed by atoms with Crippen molar-refractivity contribution < 1.29 is 14.9 Å². The number of hydrogen-bond acceptors (Lipinski definition) is 4. The van der Waals surface area contributed by atoms with E-state index in [4.69, 9.17) is 4.74 Å². The van der Waals surface area contributed by atoms with Crippen LogP contribution in [0.25, 0.3) is 16.7 Å². The van der Waals surface area contributed by atoms with Crippen molar-refractivity contribution in [1.82, 2.24) is 0 Å². The molecule has 2 aromatic rings. The van der Waals surface area contributed by atoms with Crippen LogP contribution in [-0.4, -0.2) is 29.3 Å². The van der Waals surface area contributed by atoms with Crippen LogP contribution in [0.4, 0.5) is 0 Å². The molecule has 0 aliphatic carbocycles. The highest BCUT2D eigenvalue weighted by Gasteiger charge is 2.26. The molecule has 148 valence electrons. The molecule has 3 rings (SSSR count). The first-order valence-electron chi connectivity index (χ1n) is 9.96. The van der Waals surface area contributed by atoms with Crippen LogP contribution < -0.4 is 0 Å². The van der Waals surface area contributed by atoms with E-state index in [1.54, 1.807) is 6.07 Å². The molecule has 0 atom stereocenters. The minimum atomic E-state index is 0.0280. The summed E-state index contributed by atoms with van der Waals surface area (Å²) < 4.78 is 5.69. The molecule has 1 aliphatic rings. The number of ether oxygens (including phenoxy) is 1. The molecule has 1 heterocycles. The minimum absolute atomic E-state index is 0.0280. The number of phenolic OH excluding ortho intramolecular Hbond substituents is 2. The lowest BCUT2D eigenvalue weighted by molar-refractivity contribution is 0.346. The Morgan fingerprint density at radius 2 is 1.96 bits per heavy atom. The van der Waals surface area contributed by atoms with Gasteiger partial charge in [0.25, 0.3) is 0 Å². The zero-order chi connectivity index (χ0) is 20.3. The molecule has 0 bridgehead atoms. The third kappa shape index (κ3) is 3.91. The average molecular weight is 380 g/mol. The van der Waals surface area contributed by atoms with Crippen LogP contribution in [0.1, 0.15) is 55.4 Å². The number of hydrogen-bond donors (Lipinski definition) is 2. The van der Waals surface area contributed by atoms with Crippen LogP contribution in [0, 0.1) is 6.92 Å². The molecule has 4 heteroatoms. The molecule has 0 spiro atoms. The maximum atomic E-state index is 11.3. The monoisotopic (exact) mass is 379 g/mol. The molecule has 0 fully saturated rings. The zero-order valence-electron chi connectivity index (χ0n) is 17.0. The van der Waals surface area contributed by atoms with Gasteiger partial charge in [0.15, 0.2) is 0 Å². The van der Waals surface area contributed by atoms with Gasteiger partial charge in [-0.1, -0.05) is 55.7 Å². The fourth-order valence-corrected chi connectivity index (χ4v) is 3.70. The van der Waals surface area contributed by atoms with E-state index in [1.165, 1.54) is 0 Å². The van der Waals surface area contributed by atoms with Crippen molar-refractivity contribution in [3.63, 3.8) is 0 Å². The third-order valence-corrected chi connectivity index (χ3v) is 5.12. The molecule has 0 saturated heterocycles. The average Bonchev–Trinajstić information content (AvgIpc) is 3.15. The molecular weight excluding hydrogens is 350 g/mol. The van der Waals surface area contributed by atoms with Crippen LogP contribution >= 0.6 is 0 Å². The lowest BCUT2D eigenvalue weighted by atomic mass is 9.89. The Kier molecular flexibility index (Phi) is 6.08. The van der Waals surface area contributed by atoms with Crippen molar-refractivity contribution >= 4 is 11.5 Å². The number of allylic oxidation sites excluding steroid dienone is 1. The van der Waals surface area contributed by atoms with Crippen molar-refractivity contribution in [2.24, 2.45) is 4.99 Å². The van der Waals surface area contributed by atoms with Crippen LogP contribution in [0.2, 0.25) is 0 Å². The summed E-state index contributed by atoms with van der Waals surface area (Å²) in [6, 6.07) is 7.71. The van der Waals surface area contributed by atoms with E-state index in [0.29, 0.717) is 30.2 Å². The van der Waals surface area contributed by atoms with Crippen molar-refractivity contribution in [1.29, 1.82) is 0 Å². The van der Waals surface area contributed by atoms with Crippen LogP contribution in [-0.2, 0) is 11.2 Å². The molecule has 0 saturated carbocycles. The van der Waals surface area contributed by atoms with Gasteiger partial charge in [-0.15, -0.1) is 0 Å². The van der Waals surface area contributed by atoms with E-state index in [1.807, 2.05) is 32.0 Å². The first-order chi connectivity index (χ1) is 13.4. The number of rotatable bonds is 7. The maximum Gasteiger partial charge on any atom is 0.220 e. The molecule has 4 nitrogen and oxygen atoms in total. The van der Waals surface area contributed by atoms with Gasteiger partial charge >= 0.3 is 0 Å². The number of aryl methyl sites for hydroxylation is 2. The highest BCUT2D eigenvalue weighted by Crippen LogP contribution is 2.45. The molecule has 2 aromatic carbocycles. The third-order valence-electron chi connectivity index (χ3n) is 5.12. The van der Waals surface area contributed by atoms with E-state index >= 15 is 0 Å². The first kappa shape index (κ1) is 20.0. The van der Waals surface area contributed by atoms with Crippen LogP contribution in [0.15, 0.2) is 35.8 Å². The highest BCUT2D eigenvalue weighted by molar-refractivity contribution is 6.03. The van der Waals surface area contributed by atoms with Gasteiger partial charge in [0.2, 0.25) is 5.90 Å². The Hall–Kier alpha value is -2.75. The molecular formula is C24H29NO3. The summed E-state index contributed by atoms with van der Waals surface area (Å²) in [6.45, 7) is 11.2. The molecule has 2 N–H and O–H groups in total. The van der Waals surface area contributed by atoms with Gasteiger partial charge in [-0.2, -0.15) is 0 Å². The fraction of sp³-hybridized carbons (Fsp3) is 0.375. The molecule has 0 aromatic heterocycles. The Morgan fingerprint density at radius 3 is 2.61 bits per heavy atom. The Morgan fingerprint density at radius 1 is 1.18 bits per heavy atom. The minimum Gasteiger partial charge on any atom is -0.507 e. The second-order valence-electron chi connectivity index (χ2n) is 7.48. The summed E-state index contributed by atoms with van der Waals surface area (Å²) in [7, 11) is 0. The van der Waals surface area contributed by atoms with E-state index in [0.717, 1.165) is 53.5 Å². The number of unbranched alkanes of at least 4 members (excludes halogenated alkanes) is 2. The Labute approximate surface area is 167 Å². The van der Waals surface area contributed by atoms with Gasteiger partial charge in [0, 0.05) is 0 Å².